The lowest BCUT2D eigenvalue weighted by atomic mass is 10.2. The number of aromatic nitrogens is 2. The Balaban J connectivity index is 1.56. The van der Waals surface area contributed by atoms with Gasteiger partial charge in [-0.2, -0.15) is 0 Å². The van der Waals surface area contributed by atoms with Crippen LogP contribution in [0.25, 0.3) is 22.1 Å². The van der Waals surface area contributed by atoms with E-state index < -0.39 is 5.92 Å². The average molecular weight is 387 g/mol. The summed E-state index contributed by atoms with van der Waals surface area (Å²) in [5, 5.41) is 0.937. The van der Waals surface area contributed by atoms with Crippen LogP contribution in [0.15, 0.2) is 41.3 Å². The fourth-order valence-corrected chi connectivity index (χ4v) is 3.50. The first kappa shape index (κ1) is 18.8. The molecule has 0 unspecified atom stereocenters. The number of furan rings is 1. The van der Waals surface area contributed by atoms with Gasteiger partial charge in [0.15, 0.2) is 17.2 Å². The number of hydrogen-bond donors (Lipinski definition) is 0. The summed E-state index contributed by atoms with van der Waals surface area (Å²) in [7, 11) is 0. The van der Waals surface area contributed by atoms with Gasteiger partial charge in [0.05, 0.1) is 0 Å². The van der Waals surface area contributed by atoms with Gasteiger partial charge in [0.1, 0.15) is 17.7 Å². The van der Waals surface area contributed by atoms with Crippen LogP contribution in [0.2, 0.25) is 0 Å². The topological polar surface area (TPSA) is 51.4 Å². The number of allylic oxidation sites excluding steroid dienone is 1. The number of benzene rings is 1. The third-order valence-electron chi connectivity index (χ3n) is 4.98. The molecule has 3 heterocycles. The molecule has 4 rings (SSSR count). The first-order valence-corrected chi connectivity index (χ1v) is 9.60. The molecule has 1 aromatic carbocycles. The Kier molecular flexibility index (Phi) is 5.26. The van der Waals surface area contributed by atoms with Crippen LogP contribution >= 0.6 is 0 Å². The van der Waals surface area contributed by atoms with Crippen molar-refractivity contribution < 1.29 is 17.9 Å². The average Bonchev–Trinajstić information content (AvgIpc) is 3.35. The lowest BCUT2D eigenvalue weighted by molar-refractivity contribution is 0.0283. The molecule has 0 spiro atoms. The highest BCUT2D eigenvalue weighted by Gasteiger charge is 2.24. The van der Waals surface area contributed by atoms with Crippen LogP contribution in [-0.2, 0) is 11.3 Å². The Morgan fingerprint density at radius 1 is 1.21 bits per heavy atom. The Labute approximate surface area is 162 Å². The minimum Gasteiger partial charge on any atom is -0.450 e. The third kappa shape index (κ3) is 3.85. The second-order valence-electron chi connectivity index (χ2n) is 7.05. The molecule has 5 nitrogen and oxygen atoms in total. The van der Waals surface area contributed by atoms with Crippen LogP contribution in [0.4, 0.5) is 14.6 Å². The fourth-order valence-electron chi connectivity index (χ4n) is 3.50. The van der Waals surface area contributed by atoms with Gasteiger partial charge in [0.25, 0.3) is 5.92 Å². The Morgan fingerprint density at radius 2 is 2.00 bits per heavy atom. The molecule has 1 fully saturated rings. The van der Waals surface area contributed by atoms with Crippen molar-refractivity contribution in [2.75, 3.05) is 24.6 Å². The molecule has 0 N–H and O–H groups in total. The minimum atomic E-state index is -2.85. The summed E-state index contributed by atoms with van der Waals surface area (Å²) in [5.74, 6) is -1.52. The number of fused-ring (bicyclic) bond motifs is 3. The van der Waals surface area contributed by atoms with Crippen LogP contribution in [0, 0.1) is 0 Å². The summed E-state index contributed by atoms with van der Waals surface area (Å²) in [4.78, 5) is 11.5. The predicted molar refractivity (Wildman–Crippen MR) is 105 cm³/mol. The molecule has 1 aliphatic rings. The molecule has 7 heteroatoms. The summed E-state index contributed by atoms with van der Waals surface area (Å²) in [5.41, 5.74) is 2.23. The van der Waals surface area contributed by atoms with Crippen molar-refractivity contribution in [2.45, 2.75) is 38.2 Å². The number of para-hydroxylation sites is 1. The Bertz CT molecular complexity index is 980. The molecule has 1 saturated heterocycles. The molecular weight excluding hydrogens is 364 g/mol. The van der Waals surface area contributed by atoms with Crippen LogP contribution in [0.3, 0.4) is 0 Å². The highest BCUT2D eigenvalue weighted by Crippen LogP contribution is 2.34. The summed E-state index contributed by atoms with van der Waals surface area (Å²) >= 11 is 0. The van der Waals surface area contributed by atoms with E-state index in [-0.39, 0.29) is 26.1 Å². The number of hydrogen-bond acceptors (Lipinski definition) is 5. The smallest absolute Gasteiger partial charge is 0.266 e. The van der Waals surface area contributed by atoms with Crippen molar-refractivity contribution >= 4 is 27.9 Å². The van der Waals surface area contributed by atoms with Gasteiger partial charge in [-0.15, -0.1) is 0 Å². The van der Waals surface area contributed by atoms with E-state index in [2.05, 4.69) is 21.4 Å². The van der Waals surface area contributed by atoms with Crippen molar-refractivity contribution in [1.29, 1.82) is 0 Å². The zero-order valence-corrected chi connectivity index (χ0v) is 15.7. The molecule has 0 amide bonds. The highest BCUT2D eigenvalue weighted by atomic mass is 19.3. The number of nitrogens with zero attached hydrogens (tertiary/aromatic N) is 3. The SMILES string of the molecule is C=CC(F)(F)CCCOCc1nc(N2CCCC2)c2oc3ccccc3c2n1. The lowest BCUT2D eigenvalue weighted by Crippen LogP contribution is -2.20. The van der Waals surface area contributed by atoms with E-state index in [0.29, 0.717) is 17.5 Å². The highest BCUT2D eigenvalue weighted by molar-refractivity contribution is 6.05. The number of halogens is 2. The van der Waals surface area contributed by atoms with Crippen molar-refractivity contribution in [3.8, 4) is 0 Å². The van der Waals surface area contributed by atoms with Gasteiger partial charge in [-0.1, -0.05) is 18.7 Å². The van der Waals surface area contributed by atoms with Gasteiger partial charge in [0, 0.05) is 31.5 Å². The van der Waals surface area contributed by atoms with Gasteiger partial charge in [-0.05, 0) is 37.5 Å². The van der Waals surface area contributed by atoms with E-state index >= 15 is 0 Å². The number of rotatable bonds is 8. The Hall–Kier alpha value is -2.54. The summed E-state index contributed by atoms with van der Waals surface area (Å²) in [6, 6.07) is 7.77. The maximum absolute atomic E-state index is 13.2. The summed E-state index contributed by atoms with van der Waals surface area (Å²) in [6.45, 7) is 5.41. The van der Waals surface area contributed by atoms with Gasteiger partial charge < -0.3 is 14.1 Å². The molecule has 0 saturated carbocycles. The van der Waals surface area contributed by atoms with E-state index in [4.69, 9.17) is 9.15 Å². The van der Waals surface area contributed by atoms with E-state index in [9.17, 15) is 8.78 Å². The van der Waals surface area contributed by atoms with Gasteiger partial charge in [-0.25, -0.2) is 18.7 Å². The van der Waals surface area contributed by atoms with Crippen molar-refractivity contribution in [1.82, 2.24) is 9.97 Å². The summed E-state index contributed by atoms with van der Waals surface area (Å²) in [6.07, 6.45) is 2.89. The van der Waals surface area contributed by atoms with Gasteiger partial charge >= 0.3 is 0 Å². The zero-order valence-electron chi connectivity index (χ0n) is 15.7. The lowest BCUT2D eigenvalue weighted by Gasteiger charge is -2.17. The molecule has 0 radical (unpaired) electrons. The predicted octanol–water partition coefficient (Wildman–Crippen LogP) is 5.09. The number of ether oxygens (including phenoxy) is 1. The van der Waals surface area contributed by atoms with Crippen LogP contribution in [0.1, 0.15) is 31.5 Å². The molecule has 3 aromatic rings. The first-order chi connectivity index (χ1) is 13.6. The molecule has 148 valence electrons. The van der Waals surface area contributed by atoms with Crippen molar-refractivity contribution in [3.05, 3.63) is 42.7 Å². The third-order valence-corrected chi connectivity index (χ3v) is 4.98. The van der Waals surface area contributed by atoms with Crippen molar-refractivity contribution in [3.63, 3.8) is 0 Å². The number of anilines is 1. The largest absolute Gasteiger partial charge is 0.450 e. The standard InChI is InChI=1S/C21H23F2N3O2/c1-2-21(22,23)10-7-13-27-14-17-24-18-15-8-3-4-9-16(15)28-19(18)20(25-17)26-11-5-6-12-26/h2-4,8-9H,1,5-7,10-14H2. The fraction of sp³-hybridized carbons (Fsp3) is 0.429. The molecule has 0 aliphatic carbocycles. The second-order valence-corrected chi connectivity index (χ2v) is 7.05. The molecular formula is C21H23F2N3O2. The van der Waals surface area contributed by atoms with Crippen molar-refractivity contribution in [2.24, 2.45) is 0 Å². The normalized spacial score (nSPS) is 15.0. The first-order valence-electron chi connectivity index (χ1n) is 9.60. The van der Waals surface area contributed by atoms with Crippen LogP contribution < -0.4 is 4.90 Å². The molecule has 1 aliphatic heterocycles. The van der Waals surface area contributed by atoms with E-state index in [1.54, 1.807) is 0 Å². The van der Waals surface area contributed by atoms with E-state index in [1.807, 2.05) is 24.3 Å². The summed E-state index contributed by atoms with van der Waals surface area (Å²) < 4.78 is 38.0. The quantitative estimate of drug-likeness (QED) is 0.398. The van der Waals surface area contributed by atoms with E-state index in [0.717, 1.165) is 48.2 Å². The molecule has 0 bridgehead atoms. The van der Waals surface area contributed by atoms with Gasteiger partial charge in [-0.3, -0.25) is 0 Å². The number of alkyl halides is 2. The Morgan fingerprint density at radius 3 is 2.79 bits per heavy atom. The second kappa shape index (κ2) is 7.83. The monoisotopic (exact) mass is 387 g/mol. The zero-order chi connectivity index (χ0) is 19.6. The van der Waals surface area contributed by atoms with E-state index in [1.165, 1.54) is 0 Å². The molecule has 28 heavy (non-hydrogen) atoms. The maximum atomic E-state index is 13.2. The van der Waals surface area contributed by atoms with Gasteiger partial charge in [0.2, 0.25) is 0 Å². The minimum absolute atomic E-state index is 0.177. The molecule has 2 aromatic heterocycles. The van der Waals surface area contributed by atoms with Crippen LogP contribution in [-0.4, -0.2) is 35.6 Å². The maximum Gasteiger partial charge on any atom is 0.266 e. The van der Waals surface area contributed by atoms with Crippen LogP contribution in [0.5, 0.6) is 0 Å². The molecule has 0 atom stereocenters.